The molecule has 0 saturated heterocycles. The maximum atomic E-state index is 12.3. The van der Waals surface area contributed by atoms with Gasteiger partial charge in [0.15, 0.2) is 12.4 Å². The number of nitrogens with zero attached hydrogens (tertiary/aromatic N) is 2. The fraction of sp³-hybridized carbons (Fsp3) is 0.231. The van der Waals surface area contributed by atoms with Crippen LogP contribution in [0.2, 0.25) is 4.34 Å². The van der Waals surface area contributed by atoms with E-state index >= 15 is 0 Å². The molecular weight excluding hydrogens is 284 g/mol. The topological polar surface area (TPSA) is 47.2 Å². The minimum Gasteiger partial charge on any atom is -0.619 e. The van der Waals surface area contributed by atoms with Crippen LogP contribution in [0.4, 0.5) is 0 Å². The first-order valence-corrected chi connectivity index (χ1v) is 7.02. The molecule has 0 fully saturated rings. The van der Waals surface area contributed by atoms with Crippen molar-refractivity contribution in [2.24, 2.45) is 0 Å². The average Bonchev–Trinajstić information content (AvgIpc) is 2.81. The van der Waals surface area contributed by atoms with Crippen LogP contribution in [0.3, 0.4) is 0 Å². The molecule has 0 bridgehead atoms. The number of amides is 1. The summed E-state index contributed by atoms with van der Waals surface area (Å²) < 4.78 is 1.37. The number of hydrogen-bond acceptors (Lipinski definition) is 3. The summed E-state index contributed by atoms with van der Waals surface area (Å²) in [7, 11) is 0. The smallest absolute Gasteiger partial charge is 0.254 e. The second kappa shape index (κ2) is 6.04. The zero-order chi connectivity index (χ0) is 13.8. The standard InChI is InChI=1S/C13H13ClN2O2S/c1-2-15(9-11-3-4-12(14)19-11)13(17)10-5-7-16(18)8-6-10/h3-8H,2,9H2,1H3. The number of carbonyl (C=O) groups excluding carboxylic acids is 1. The predicted octanol–water partition coefficient (Wildman–Crippen LogP) is 2.70. The predicted molar refractivity (Wildman–Crippen MR) is 75.1 cm³/mol. The van der Waals surface area contributed by atoms with Gasteiger partial charge in [-0.05, 0) is 19.1 Å². The molecule has 2 aromatic rings. The van der Waals surface area contributed by atoms with Crippen LogP contribution >= 0.6 is 22.9 Å². The largest absolute Gasteiger partial charge is 0.619 e. The van der Waals surface area contributed by atoms with Crippen LogP contribution in [0.1, 0.15) is 22.2 Å². The van der Waals surface area contributed by atoms with Crippen molar-refractivity contribution in [2.75, 3.05) is 6.54 Å². The Labute approximate surface area is 120 Å². The average molecular weight is 297 g/mol. The molecule has 1 amide bonds. The highest BCUT2D eigenvalue weighted by Crippen LogP contribution is 2.23. The van der Waals surface area contributed by atoms with E-state index in [4.69, 9.17) is 11.6 Å². The van der Waals surface area contributed by atoms with Crippen molar-refractivity contribution in [1.82, 2.24) is 4.90 Å². The zero-order valence-corrected chi connectivity index (χ0v) is 11.9. The molecule has 0 unspecified atom stereocenters. The van der Waals surface area contributed by atoms with Gasteiger partial charge >= 0.3 is 0 Å². The van der Waals surface area contributed by atoms with E-state index in [1.54, 1.807) is 4.90 Å². The summed E-state index contributed by atoms with van der Waals surface area (Å²) in [4.78, 5) is 15.0. The van der Waals surface area contributed by atoms with Crippen molar-refractivity contribution in [1.29, 1.82) is 0 Å². The molecule has 0 radical (unpaired) electrons. The minimum atomic E-state index is -0.0902. The van der Waals surface area contributed by atoms with Gasteiger partial charge in [0.25, 0.3) is 5.91 Å². The van der Waals surface area contributed by atoms with Crippen molar-refractivity contribution in [2.45, 2.75) is 13.5 Å². The van der Waals surface area contributed by atoms with Gasteiger partial charge in [-0.25, -0.2) is 0 Å². The summed E-state index contributed by atoms with van der Waals surface area (Å²) >= 11 is 7.34. The summed E-state index contributed by atoms with van der Waals surface area (Å²) in [5.74, 6) is -0.0902. The Hall–Kier alpha value is -1.59. The van der Waals surface area contributed by atoms with Crippen LogP contribution in [-0.4, -0.2) is 17.4 Å². The molecule has 2 heterocycles. The first kappa shape index (κ1) is 13.8. The van der Waals surface area contributed by atoms with Crippen molar-refractivity contribution < 1.29 is 9.52 Å². The molecule has 100 valence electrons. The Morgan fingerprint density at radius 3 is 2.58 bits per heavy atom. The van der Waals surface area contributed by atoms with E-state index in [-0.39, 0.29) is 5.91 Å². The molecule has 2 rings (SSSR count). The monoisotopic (exact) mass is 296 g/mol. The molecule has 0 aliphatic heterocycles. The number of thiophene rings is 1. The number of rotatable bonds is 4. The Bertz CT molecular complexity index is 568. The molecular formula is C13H13ClN2O2S. The SMILES string of the molecule is CCN(Cc1ccc(Cl)s1)C(=O)c1cc[n+]([O-])cc1. The zero-order valence-electron chi connectivity index (χ0n) is 10.4. The van der Waals surface area contributed by atoms with E-state index in [0.717, 1.165) is 4.88 Å². The number of pyridine rings is 1. The van der Waals surface area contributed by atoms with Crippen molar-refractivity contribution in [3.05, 3.63) is 56.6 Å². The van der Waals surface area contributed by atoms with Gasteiger partial charge in [0.2, 0.25) is 0 Å². The molecule has 0 atom stereocenters. The molecule has 0 saturated carbocycles. The van der Waals surface area contributed by atoms with Crippen molar-refractivity contribution in [3.63, 3.8) is 0 Å². The third-order valence-corrected chi connectivity index (χ3v) is 3.91. The molecule has 0 aromatic carbocycles. The first-order chi connectivity index (χ1) is 9.10. The second-order valence-corrected chi connectivity index (χ2v) is 5.77. The van der Waals surface area contributed by atoms with E-state index in [1.807, 2.05) is 19.1 Å². The van der Waals surface area contributed by atoms with E-state index in [9.17, 15) is 10.0 Å². The van der Waals surface area contributed by atoms with Gasteiger partial charge in [0.1, 0.15) is 0 Å². The van der Waals surface area contributed by atoms with Gasteiger partial charge in [0, 0.05) is 23.6 Å². The van der Waals surface area contributed by atoms with E-state index < -0.39 is 0 Å². The summed E-state index contributed by atoms with van der Waals surface area (Å²) in [5.41, 5.74) is 0.511. The van der Waals surface area contributed by atoms with Crippen LogP contribution in [0.15, 0.2) is 36.7 Å². The van der Waals surface area contributed by atoms with Gasteiger partial charge in [-0.15, -0.1) is 11.3 Å². The number of hydrogen-bond donors (Lipinski definition) is 0. The molecule has 2 aromatic heterocycles. The first-order valence-electron chi connectivity index (χ1n) is 5.82. The van der Waals surface area contributed by atoms with Gasteiger partial charge in [-0.1, -0.05) is 11.6 Å². The normalized spacial score (nSPS) is 10.4. The van der Waals surface area contributed by atoms with Crippen LogP contribution in [0.5, 0.6) is 0 Å². The molecule has 0 N–H and O–H groups in total. The van der Waals surface area contributed by atoms with Gasteiger partial charge in [-0.2, -0.15) is 4.73 Å². The van der Waals surface area contributed by atoms with E-state index in [0.29, 0.717) is 27.7 Å². The quantitative estimate of drug-likeness (QED) is 0.643. The molecule has 4 nitrogen and oxygen atoms in total. The Morgan fingerprint density at radius 2 is 2.05 bits per heavy atom. The lowest BCUT2D eigenvalue weighted by Crippen LogP contribution is -2.31. The van der Waals surface area contributed by atoms with Gasteiger partial charge in [-0.3, -0.25) is 4.79 Å². The Balaban J connectivity index is 2.12. The van der Waals surface area contributed by atoms with Gasteiger partial charge in [0.05, 0.1) is 16.4 Å². The Kier molecular flexibility index (Phi) is 4.39. The lowest BCUT2D eigenvalue weighted by Gasteiger charge is -2.19. The third-order valence-electron chi connectivity index (χ3n) is 2.69. The maximum absolute atomic E-state index is 12.3. The fourth-order valence-electron chi connectivity index (χ4n) is 1.69. The number of halogens is 1. The highest BCUT2D eigenvalue weighted by Gasteiger charge is 2.16. The lowest BCUT2D eigenvalue weighted by molar-refractivity contribution is -0.605. The van der Waals surface area contributed by atoms with Crippen molar-refractivity contribution in [3.8, 4) is 0 Å². The molecule has 0 spiro atoms. The second-order valence-electron chi connectivity index (χ2n) is 3.97. The summed E-state index contributed by atoms with van der Waals surface area (Å²) in [6.07, 6.45) is 2.65. The van der Waals surface area contributed by atoms with Gasteiger partial charge < -0.3 is 10.1 Å². The van der Waals surface area contributed by atoms with E-state index in [2.05, 4.69) is 0 Å². The van der Waals surface area contributed by atoms with Crippen LogP contribution < -0.4 is 4.73 Å². The number of aromatic nitrogens is 1. The maximum Gasteiger partial charge on any atom is 0.254 e. The summed E-state index contributed by atoms with van der Waals surface area (Å²) in [5, 5.41) is 11.0. The van der Waals surface area contributed by atoms with Crippen LogP contribution in [0.25, 0.3) is 0 Å². The minimum absolute atomic E-state index is 0.0902. The molecule has 19 heavy (non-hydrogen) atoms. The highest BCUT2D eigenvalue weighted by molar-refractivity contribution is 7.16. The lowest BCUT2D eigenvalue weighted by atomic mass is 10.2. The highest BCUT2D eigenvalue weighted by atomic mass is 35.5. The van der Waals surface area contributed by atoms with Crippen LogP contribution in [-0.2, 0) is 6.54 Å². The number of carbonyl (C=O) groups is 1. The molecule has 0 aliphatic rings. The van der Waals surface area contributed by atoms with Crippen LogP contribution in [0, 0.1) is 5.21 Å². The molecule has 6 heteroatoms. The summed E-state index contributed by atoms with van der Waals surface area (Å²) in [6, 6.07) is 6.79. The fourth-order valence-corrected chi connectivity index (χ4v) is 2.79. The molecule has 0 aliphatic carbocycles. The van der Waals surface area contributed by atoms with E-state index in [1.165, 1.54) is 35.9 Å². The Morgan fingerprint density at radius 1 is 1.37 bits per heavy atom. The van der Waals surface area contributed by atoms with Crippen molar-refractivity contribution >= 4 is 28.8 Å². The third kappa shape index (κ3) is 3.45. The summed E-state index contributed by atoms with van der Waals surface area (Å²) in [6.45, 7) is 3.05.